The number of methoxy groups -OCH3 is 1. The van der Waals surface area contributed by atoms with Crippen molar-refractivity contribution in [3.63, 3.8) is 0 Å². The zero-order valence-corrected chi connectivity index (χ0v) is 24.5. The van der Waals surface area contributed by atoms with Crippen molar-refractivity contribution in [2.45, 2.75) is 37.8 Å². The smallest absolute Gasteiger partial charge is 0.264 e. The zero-order valence-electron chi connectivity index (χ0n) is 23.0. The number of nitrogens with zero attached hydrogens (tertiary/aromatic N) is 2. The van der Waals surface area contributed by atoms with Gasteiger partial charge in [0.25, 0.3) is 10.0 Å². The predicted octanol–water partition coefficient (Wildman–Crippen LogP) is 4.50. The number of likely N-dealkylation sites (N-methyl/N-ethyl adjacent to an activating group) is 1. The second kappa shape index (κ2) is 14.0. The normalized spacial score (nSPS) is 11.8. The quantitative estimate of drug-likeness (QED) is 0.316. The molecule has 1 atom stereocenters. The Hall–Kier alpha value is -3.76. The van der Waals surface area contributed by atoms with Crippen molar-refractivity contribution in [1.82, 2.24) is 10.2 Å². The zero-order chi connectivity index (χ0) is 29.3. The Morgan fingerprint density at radius 3 is 2.23 bits per heavy atom. The number of amides is 2. The van der Waals surface area contributed by atoms with Crippen molar-refractivity contribution in [3.8, 4) is 11.5 Å². The van der Waals surface area contributed by atoms with Gasteiger partial charge in [-0.2, -0.15) is 0 Å². The Kier molecular flexibility index (Phi) is 10.8. The molecular weight excluding hydrogens is 554 g/mol. The standard InChI is InChI=1S/C29H34ClN3O6S/c1-5-27(29(35)31-3)32(19-21-8-7-9-25(18-21)38-4)28(34)20-33(23-12-14-24(15-13-23)39-6-2)40(36,37)26-16-10-22(30)11-17-26/h7-18,27H,5-6,19-20H2,1-4H3,(H,31,35)/t27-/m0/s1. The Balaban J connectivity index is 2.06. The molecule has 0 aromatic heterocycles. The number of halogens is 1. The Morgan fingerprint density at radius 1 is 0.975 bits per heavy atom. The molecule has 0 saturated carbocycles. The van der Waals surface area contributed by atoms with Gasteiger partial charge in [-0.05, 0) is 79.6 Å². The first kappa shape index (κ1) is 30.8. The van der Waals surface area contributed by atoms with Crippen molar-refractivity contribution < 1.29 is 27.5 Å². The van der Waals surface area contributed by atoms with Crippen LogP contribution in [0.25, 0.3) is 0 Å². The molecule has 0 spiro atoms. The molecule has 2 amide bonds. The molecule has 0 aliphatic rings. The third-order valence-corrected chi connectivity index (χ3v) is 8.28. The van der Waals surface area contributed by atoms with Gasteiger partial charge in [-0.15, -0.1) is 0 Å². The fraction of sp³-hybridized carbons (Fsp3) is 0.310. The number of carbonyl (C=O) groups is 2. The van der Waals surface area contributed by atoms with Crippen molar-refractivity contribution in [2.24, 2.45) is 0 Å². The van der Waals surface area contributed by atoms with Gasteiger partial charge in [0.05, 0.1) is 24.3 Å². The van der Waals surface area contributed by atoms with Crippen LogP contribution in [0, 0.1) is 0 Å². The highest BCUT2D eigenvalue weighted by atomic mass is 35.5. The van der Waals surface area contributed by atoms with E-state index >= 15 is 0 Å². The minimum atomic E-state index is -4.20. The van der Waals surface area contributed by atoms with Gasteiger partial charge in [0.1, 0.15) is 24.1 Å². The first-order valence-electron chi connectivity index (χ1n) is 12.8. The highest BCUT2D eigenvalue weighted by Crippen LogP contribution is 2.28. The highest BCUT2D eigenvalue weighted by molar-refractivity contribution is 7.92. The van der Waals surface area contributed by atoms with Gasteiger partial charge in [-0.3, -0.25) is 13.9 Å². The Bertz CT molecular complexity index is 1400. The van der Waals surface area contributed by atoms with Crippen LogP contribution in [0.2, 0.25) is 5.02 Å². The molecule has 0 aliphatic heterocycles. The second-order valence-corrected chi connectivity index (χ2v) is 11.1. The molecule has 0 heterocycles. The van der Waals surface area contributed by atoms with Crippen LogP contribution in [0.4, 0.5) is 5.69 Å². The number of anilines is 1. The van der Waals surface area contributed by atoms with Crippen LogP contribution in [0.5, 0.6) is 11.5 Å². The van der Waals surface area contributed by atoms with Crippen LogP contribution < -0.4 is 19.1 Å². The number of carbonyl (C=O) groups excluding carboxylic acids is 2. The molecule has 0 radical (unpaired) electrons. The van der Waals surface area contributed by atoms with Gasteiger partial charge in [-0.1, -0.05) is 30.7 Å². The summed E-state index contributed by atoms with van der Waals surface area (Å²) >= 11 is 5.99. The fourth-order valence-corrected chi connectivity index (χ4v) is 5.73. The van der Waals surface area contributed by atoms with Crippen LogP contribution in [0.1, 0.15) is 25.8 Å². The largest absolute Gasteiger partial charge is 0.497 e. The maximum absolute atomic E-state index is 14.0. The van der Waals surface area contributed by atoms with E-state index in [4.69, 9.17) is 21.1 Å². The lowest BCUT2D eigenvalue weighted by atomic mass is 10.1. The number of ether oxygens (including phenoxy) is 2. The van der Waals surface area contributed by atoms with Crippen LogP contribution in [-0.2, 0) is 26.2 Å². The lowest BCUT2D eigenvalue weighted by Gasteiger charge is -2.33. The third kappa shape index (κ3) is 7.45. The summed E-state index contributed by atoms with van der Waals surface area (Å²) < 4.78 is 39.6. The average molecular weight is 588 g/mol. The molecule has 0 fully saturated rings. The van der Waals surface area contributed by atoms with Crippen LogP contribution in [0.3, 0.4) is 0 Å². The highest BCUT2D eigenvalue weighted by Gasteiger charge is 2.33. The second-order valence-electron chi connectivity index (χ2n) is 8.80. The molecule has 0 unspecified atom stereocenters. The van der Waals surface area contributed by atoms with E-state index in [-0.39, 0.29) is 23.0 Å². The van der Waals surface area contributed by atoms with Crippen LogP contribution in [0.15, 0.2) is 77.7 Å². The van der Waals surface area contributed by atoms with E-state index in [1.54, 1.807) is 49.4 Å². The van der Waals surface area contributed by atoms with Crippen molar-refractivity contribution in [2.75, 3.05) is 31.6 Å². The lowest BCUT2D eigenvalue weighted by Crippen LogP contribution is -2.51. The summed E-state index contributed by atoms with van der Waals surface area (Å²) in [7, 11) is -1.16. The van der Waals surface area contributed by atoms with Gasteiger partial charge >= 0.3 is 0 Å². The topological polar surface area (TPSA) is 105 Å². The number of benzene rings is 3. The molecule has 40 heavy (non-hydrogen) atoms. The summed E-state index contributed by atoms with van der Waals surface area (Å²) in [6.07, 6.45) is 0.322. The molecule has 3 aromatic rings. The van der Waals surface area contributed by atoms with Gasteiger partial charge in [0, 0.05) is 18.6 Å². The summed E-state index contributed by atoms with van der Waals surface area (Å²) in [6, 6.07) is 18.5. The summed E-state index contributed by atoms with van der Waals surface area (Å²) in [5.41, 5.74) is 0.990. The lowest BCUT2D eigenvalue weighted by molar-refractivity contribution is -0.140. The summed E-state index contributed by atoms with van der Waals surface area (Å²) in [4.78, 5) is 28.2. The SMILES string of the molecule is CCOc1ccc(N(CC(=O)N(Cc2cccc(OC)c2)[C@@H](CC)C(=O)NC)S(=O)(=O)c2ccc(Cl)cc2)cc1. The molecule has 9 nitrogen and oxygen atoms in total. The van der Waals surface area contributed by atoms with E-state index in [1.165, 1.54) is 43.3 Å². The molecule has 3 rings (SSSR count). The minimum absolute atomic E-state index is 0.0312. The molecule has 3 aromatic carbocycles. The van der Waals surface area contributed by atoms with Gasteiger partial charge in [0.2, 0.25) is 11.8 Å². The first-order chi connectivity index (χ1) is 19.1. The summed E-state index contributed by atoms with van der Waals surface area (Å²) in [5, 5.41) is 2.99. The van der Waals surface area contributed by atoms with Crippen molar-refractivity contribution >= 4 is 39.1 Å². The number of hydrogen-bond acceptors (Lipinski definition) is 6. The predicted molar refractivity (Wildman–Crippen MR) is 155 cm³/mol. The van der Waals surface area contributed by atoms with E-state index < -0.39 is 28.5 Å². The molecular formula is C29H34ClN3O6S. The monoisotopic (exact) mass is 587 g/mol. The first-order valence-corrected chi connectivity index (χ1v) is 14.6. The van der Waals surface area contributed by atoms with E-state index in [2.05, 4.69) is 5.32 Å². The number of hydrogen-bond donors (Lipinski definition) is 1. The van der Waals surface area contributed by atoms with Crippen LogP contribution >= 0.6 is 11.6 Å². The van der Waals surface area contributed by atoms with E-state index in [1.807, 2.05) is 13.0 Å². The molecule has 1 N–H and O–H groups in total. The summed E-state index contributed by atoms with van der Waals surface area (Å²) in [6.45, 7) is 3.61. The Morgan fingerprint density at radius 2 is 1.65 bits per heavy atom. The van der Waals surface area contributed by atoms with E-state index in [0.29, 0.717) is 29.5 Å². The van der Waals surface area contributed by atoms with Crippen molar-refractivity contribution in [1.29, 1.82) is 0 Å². The number of sulfonamides is 1. The number of rotatable bonds is 13. The van der Waals surface area contributed by atoms with Crippen molar-refractivity contribution in [3.05, 3.63) is 83.4 Å². The fourth-order valence-electron chi connectivity index (χ4n) is 4.19. The minimum Gasteiger partial charge on any atom is -0.497 e. The molecule has 214 valence electrons. The van der Waals surface area contributed by atoms with Crippen LogP contribution in [-0.4, -0.2) is 58.5 Å². The molecule has 0 bridgehead atoms. The summed E-state index contributed by atoms with van der Waals surface area (Å²) in [5.74, 6) is 0.252. The average Bonchev–Trinajstić information content (AvgIpc) is 2.96. The molecule has 0 saturated heterocycles. The molecule has 0 aliphatic carbocycles. The van der Waals surface area contributed by atoms with Gasteiger partial charge in [0.15, 0.2) is 0 Å². The van der Waals surface area contributed by atoms with E-state index in [9.17, 15) is 18.0 Å². The Labute approximate surface area is 240 Å². The van der Waals surface area contributed by atoms with Gasteiger partial charge in [-0.25, -0.2) is 8.42 Å². The maximum atomic E-state index is 14.0. The maximum Gasteiger partial charge on any atom is 0.264 e. The number of nitrogens with one attached hydrogen (secondary N) is 1. The van der Waals surface area contributed by atoms with Gasteiger partial charge < -0.3 is 19.7 Å². The molecule has 11 heteroatoms. The van der Waals surface area contributed by atoms with E-state index in [0.717, 1.165) is 9.87 Å². The third-order valence-electron chi connectivity index (χ3n) is 6.24.